The van der Waals surface area contributed by atoms with Gasteiger partial charge in [0.25, 0.3) is 0 Å². The molecular weight excluding hydrogens is 266 g/mol. The Morgan fingerprint density at radius 3 is 2.42 bits per heavy atom. The number of morpholine rings is 1. The van der Waals surface area contributed by atoms with Crippen LogP contribution in [0.2, 0.25) is 0 Å². The molecule has 1 aliphatic rings. The summed E-state index contributed by atoms with van der Waals surface area (Å²) in [6.07, 6.45) is 1.19. The fraction of sp³-hybridized carbons (Fsp3) is 0.583. The summed E-state index contributed by atoms with van der Waals surface area (Å²) >= 11 is 0. The van der Waals surface area contributed by atoms with E-state index in [1.165, 1.54) is 10.5 Å². The maximum atomic E-state index is 12.5. The standard InChI is InChI=1S/C12H19N3O3S/c1-9-7-15(8-10(2)18-9)19(16,17)11-4-5-12(13-3)14-6-11/h4-6,9-10H,7-8H2,1-3H3,(H,13,14)/t9-,10+. The Balaban J connectivity index is 2.25. The van der Waals surface area contributed by atoms with E-state index in [0.717, 1.165) is 0 Å². The summed E-state index contributed by atoms with van der Waals surface area (Å²) in [5.74, 6) is 0.641. The van der Waals surface area contributed by atoms with Gasteiger partial charge < -0.3 is 10.1 Å². The van der Waals surface area contributed by atoms with Crippen molar-refractivity contribution in [3.8, 4) is 0 Å². The second kappa shape index (κ2) is 5.44. The zero-order chi connectivity index (χ0) is 14.0. The topological polar surface area (TPSA) is 71.5 Å². The van der Waals surface area contributed by atoms with E-state index >= 15 is 0 Å². The monoisotopic (exact) mass is 285 g/mol. The first-order valence-electron chi connectivity index (χ1n) is 6.23. The van der Waals surface area contributed by atoms with Crippen LogP contribution in [0.5, 0.6) is 0 Å². The molecule has 0 spiro atoms. The zero-order valence-corrected chi connectivity index (χ0v) is 12.1. The van der Waals surface area contributed by atoms with E-state index < -0.39 is 10.0 Å². The predicted molar refractivity (Wildman–Crippen MR) is 72.6 cm³/mol. The van der Waals surface area contributed by atoms with E-state index in [0.29, 0.717) is 18.9 Å². The number of pyridine rings is 1. The Morgan fingerprint density at radius 2 is 1.95 bits per heavy atom. The Labute approximate surface area is 113 Å². The summed E-state index contributed by atoms with van der Waals surface area (Å²) in [6.45, 7) is 4.50. The van der Waals surface area contributed by atoms with Gasteiger partial charge in [-0.05, 0) is 26.0 Å². The van der Waals surface area contributed by atoms with Crippen LogP contribution in [0.4, 0.5) is 5.82 Å². The molecule has 2 heterocycles. The van der Waals surface area contributed by atoms with Crippen LogP contribution in [0.1, 0.15) is 13.8 Å². The van der Waals surface area contributed by atoms with Gasteiger partial charge in [0.15, 0.2) is 0 Å². The minimum atomic E-state index is -3.49. The summed E-state index contributed by atoms with van der Waals surface area (Å²) in [4.78, 5) is 4.26. The second-order valence-electron chi connectivity index (χ2n) is 4.71. The van der Waals surface area contributed by atoms with Crippen molar-refractivity contribution >= 4 is 15.8 Å². The first-order valence-corrected chi connectivity index (χ1v) is 7.67. The van der Waals surface area contributed by atoms with Crippen molar-refractivity contribution in [2.24, 2.45) is 0 Å². The van der Waals surface area contributed by atoms with E-state index in [-0.39, 0.29) is 17.1 Å². The average molecular weight is 285 g/mol. The smallest absolute Gasteiger partial charge is 0.244 e. The highest BCUT2D eigenvalue weighted by atomic mass is 32.2. The van der Waals surface area contributed by atoms with Gasteiger partial charge in [-0.3, -0.25) is 0 Å². The van der Waals surface area contributed by atoms with Gasteiger partial charge in [0, 0.05) is 26.3 Å². The zero-order valence-electron chi connectivity index (χ0n) is 11.3. The number of anilines is 1. The van der Waals surface area contributed by atoms with E-state index in [1.54, 1.807) is 19.2 Å². The van der Waals surface area contributed by atoms with E-state index in [1.807, 2.05) is 13.8 Å². The van der Waals surface area contributed by atoms with Gasteiger partial charge >= 0.3 is 0 Å². The highest BCUT2D eigenvalue weighted by Gasteiger charge is 2.32. The van der Waals surface area contributed by atoms with Gasteiger partial charge in [0.1, 0.15) is 10.7 Å². The molecule has 1 aromatic rings. The van der Waals surface area contributed by atoms with Gasteiger partial charge in [-0.2, -0.15) is 4.31 Å². The first-order chi connectivity index (χ1) is 8.93. The summed E-state index contributed by atoms with van der Waals surface area (Å²) in [5, 5.41) is 2.86. The molecule has 2 atom stereocenters. The quantitative estimate of drug-likeness (QED) is 0.894. The number of ether oxygens (including phenoxy) is 1. The van der Waals surface area contributed by atoms with E-state index in [4.69, 9.17) is 4.74 Å². The van der Waals surface area contributed by atoms with Crippen LogP contribution in [0.25, 0.3) is 0 Å². The maximum Gasteiger partial charge on any atom is 0.244 e. The molecule has 19 heavy (non-hydrogen) atoms. The van der Waals surface area contributed by atoms with Crippen molar-refractivity contribution in [3.05, 3.63) is 18.3 Å². The lowest BCUT2D eigenvalue weighted by Gasteiger charge is -2.34. The number of rotatable bonds is 3. The second-order valence-corrected chi connectivity index (χ2v) is 6.65. The third kappa shape index (κ3) is 3.05. The molecule has 0 unspecified atom stereocenters. The minimum Gasteiger partial charge on any atom is -0.373 e. The van der Waals surface area contributed by atoms with Crippen molar-refractivity contribution in [1.82, 2.24) is 9.29 Å². The van der Waals surface area contributed by atoms with Gasteiger partial charge in [0.2, 0.25) is 10.0 Å². The van der Waals surface area contributed by atoms with Crippen LogP contribution < -0.4 is 5.32 Å². The SMILES string of the molecule is CNc1ccc(S(=O)(=O)N2C[C@@H](C)O[C@@H](C)C2)cn1. The molecule has 7 heteroatoms. The maximum absolute atomic E-state index is 12.5. The van der Waals surface area contributed by atoms with Gasteiger partial charge in [-0.25, -0.2) is 13.4 Å². The van der Waals surface area contributed by atoms with Crippen molar-refractivity contribution in [2.45, 2.75) is 31.0 Å². The fourth-order valence-corrected chi connectivity index (χ4v) is 3.69. The lowest BCUT2D eigenvalue weighted by molar-refractivity contribution is -0.0440. The Morgan fingerprint density at radius 1 is 1.32 bits per heavy atom. The summed E-state index contributed by atoms with van der Waals surface area (Å²) in [6, 6.07) is 3.22. The van der Waals surface area contributed by atoms with Crippen molar-refractivity contribution in [3.63, 3.8) is 0 Å². The molecule has 0 aromatic carbocycles. The molecule has 6 nitrogen and oxygen atoms in total. The number of nitrogens with zero attached hydrogens (tertiary/aromatic N) is 2. The van der Waals surface area contributed by atoms with E-state index in [9.17, 15) is 8.42 Å². The molecule has 0 radical (unpaired) electrons. The molecule has 106 valence electrons. The lowest BCUT2D eigenvalue weighted by atomic mass is 10.3. The van der Waals surface area contributed by atoms with Crippen LogP contribution in [0.15, 0.2) is 23.2 Å². The molecule has 0 aliphatic carbocycles. The normalized spacial score (nSPS) is 25.2. The largest absolute Gasteiger partial charge is 0.373 e. The minimum absolute atomic E-state index is 0.0944. The Hall–Kier alpha value is -1.18. The third-order valence-electron chi connectivity index (χ3n) is 3.02. The highest BCUT2D eigenvalue weighted by molar-refractivity contribution is 7.89. The first kappa shape index (κ1) is 14.2. The predicted octanol–water partition coefficient (Wildman–Crippen LogP) is 0.921. The molecule has 1 N–H and O–H groups in total. The molecule has 1 fully saturated rings. The number of nitrogens with one attached hydrogen (secondary N) is 1. The number of hydrogen-bond donors (Lipinski definition) is 1. The lowest BCUT2D eigenvalue weighted by Crippen LogP contribution is -2.48. The number of sulfonamides is 1. The van der Waals surface area contributed by atoms with Crippen molar-refractivity contribution < 1.29 is 13.2 Å². The number of aromatic nitrogens is 1. The van der Waals surface area contributed by atoms with Crippen molar-refractivity contribution in [1.29, 1.82) is 0 Å². The molecular formula is C12H19N3O3S. The summed E-state index contributed by atoms with van der Waals surface area (Å²) < 4.78 is 32.0. The van der Waals surface area contributed by atoms with Gasteiger partial charge in [0.05, 0.1) is 12.2 Å². The van der Waals surface area contributed by atoms with Crippen molar-refractivity contribution in [2.75, 3.05) is 25.5 Å². The molecule has 0 amide bonds. The number of hydrogen-bond acceptors (Lipinski definition) is 5. The molecule has 0 bridgehead atoms. The molecule has 1 aromatic heterocycles. The summed E-state index contributed by atoms with van der Waals surface area (Å²) in [5.41, 5.74) is 0. The molecule has 1 aliphatic heterocycles. The van der Waals surface area contributed by atoms with Gasteiger partial charge in [-0.15, -0.1) is 0 Å². The molecule has 2 rings (SSSR count). The van der Waals surface area contributed by atoms with Crippen LogP contribution in [0, 0.1) is 0 Å². The Kier molecular flexibility index (Phi) is 4.07. The fourth-order valence-electron chi connectivity index (χ4n) is 2.16. The highest BCUT2D eigenvalue weighted by Crippen LogP contribution is 2.21. The molecule has 0 saturated carbocycles. The van der Waals surface area contributed by atoms with Crippen LogP contribution in [0.3, 0.4) is 0 Å². The van der Waals surface area contributed by atoms with Crippen LogP contribution >= 0.6 is 0 Å². The Bertz CT molecular complexity index is 520. The van der Waals surface area contributed by atoms with Crippen LogP contribution in [-0.4, -0.2) is 50.1 Å². The molecule has 1 saturated heterocycles. The average Bonchev–Trinajstić information content (AvgIpc) is 2.37. The summed E-state index contributed by atoms with van der Waals surface area (Å²) in [7, 11) is -1.75. The van der Waals surface area contributed by atoms with E-state index in [2.05, 4.69) is 10.3 Å². The van der Waals surface area contributed by atoms with Crippen LogP contribution in [-0.2, 0) is 14.8 Å². The third-order valence-corrected chi connectivity index (χ3v) is 4.83. The van der Waals surface area contributed by atoms with Gasteiger partial charge in [-0.1, -0.05) is 0 Å².